The normalized spacial score (nSPS) is 9.27. The zero-order chi connectivity index (χ0) is 11.3. The zero-order valence-electron chi connectivity index (χ0n) is 9.31. The summed E-state index contributed by atoms with van der Waals surface area (Å²) in [6.45, 7) is 5.93. The van der Waals surface area contributed by atoms with E-state index in [4.69, 9.17) is 5.73 Å². The van der Waals surface area contributed by atoms with Gasteiger partial charge in [-0.15, -0.1) is 0 Å². The molecule has 2 aromatic heterocycles. The highest BCUT2D eigenvalue weighted by Crippen LogP contribution is 2.06. The molecule has 2 N–H and O–H groups in total. The van der Waals surface area contributed by atoms with Crippen molar-refractivity contribution in [2.75, 3.05) is 5.73 Å². The van der Waals surface area contributed by atoms with E-state index >= 15 is 0 Å². The maximum atomic E-state index is 5.56. The number of nitrogens with zero attached hydrogens (tertiary/aromatic N) is 3. The van der Waals surface area contributed by atoms with E-state index in [0.29, 0.717) is 5.82 Å². The van der Waals surface area contributed by atoms with Gasteiger partial charge in [0.15, 0.2) is 0 Å². The molecule has 4 heteroatoms. The fourth-order valence-corrected chi connectivity index (χ4v) is 1.13. The number of anilines is 1. The van der Waals surface area contributed by atoms with Gasteiger partial charge in [0.1, 0.15) is 18.0 Å². The van der Waals surface area contributed by atoms with Crippen molar-refractivity contribution < 1.29 is 0 Å². The monoisotopic (exact) mass is 204 g/mol. The van der Waals surface area contributed by atoms with Gasteiger partial charge in [0, 0.05) is 6.20 Å². The lowest BCUT2D eigenvalue weighted by molar-refractivity contribution is 0.997. The van der Waals surface area contributed by atoms with E-state index in [1.165, 1.54) is 0 Å². The summed E-state index contributed by atoms with van der Waals surface area (Å²) in [6.07, 6.45) is 3.62. The number of imidazole rings is 1. The van der Waals surface area contributed by atoms with Crippen molar-refractivity contribution in [3.05, 3.63) is 36.4 Å². The summed E-state index contributed by atoms with van der Waals surface area (Å²) in [5, 5.41) is 0. The van der Waals surface area contributed by atoms with E-state index in [0.717, 1.165) is 11.5 Å². The molecule has 0 saturated heterocycles. The lowest BCUT2D eigenvalue weighted by atomic mass is 10.4. The van der Waals surface area contributed by atoms with Crippen LogP contribution in [0, 0.1) is 6.92 Å². The van der Waals surface area contributed by atoms with Crippen molar-refractivity contribution in [1.82, 2.24) is 14.5 Å². The maximum absolute atomic E-state index is 5.56. The largest absolute Gasteiger partial charge is 0.384 e. The highest BCUT2D eigenvalue weighted by atomic mass is 15.1. The van der Waals surface area contributed by atoms with E-state index in [1.807, 2.05) is 43.7 Å². The van der Waals surface area contributed by atoms with Gasteiger partial charge in [-0.05, 0) is 19.1 Å². The van der Waals surface area contributed by atoms with Crippen LogP contribution in [0.1, 0.15) is 19.5 Å². The molecule has 0 aromatic carbocycles. The Bertz CT molecular complexity index is 420. The Balaban J connectivity index is 0.000000531. The molecule has 0 amide bonds. The van der Waals surface area contributed by atoms with E-state index in [2.05, 4.69) is 9.97 Å². The first kappa shape index (κ1) is 11.2. The number of aryl methyl sites for hydroxylation is 1. The highest BCUT2D eigenvalue weighted by Gasteiger charge is 1.98. The van der Waals surface area contributed by atoms with Crippen molar-refractivity contribution >= 4 is 5.82 Å². The number of hydrogen-bond donors (Lipinski definition) is 1. The first-order valence-corrected chi connectivity index (χ1v) is 4.99. The van der Waals surface area contributed by atoms with Crippen LogP contribution in [-0.4, -0.2) is 14.5 Å². The molecule has 0 saturated carbocycles. The van der Waals surface area contributed by atoms with Gasteiger partial charge in [0.2, 0.25) is 0 Å². The molecule has 2 heterocycles. The standard InChI is InChI=1S/C9H10N4.C2H6/c1-7-5-13(6-11-7)9-4-2-3-8(10)12-9;1-2/h2-6H,1H3,(H2,10,12);1-2H3. The van der Waals surface area contributed by atoms with Crippen molar-refractivity contribution in [2.24, 2.45) is 0 Å². The Morgan fingerprint density at radius 2 is 2.00 bits per heavy atom. The molecule has 0 aliphatic carbocycles. The molecule has 0 aliphatic heterocycles. The summed E-state index contributed by atoms with van der Waals surface area (Å²) >= 11 is 0. The molecule has 0 spiro atoms. The molecule has 0 fully saturated rings. The molecule has 2 rings (SSSR count). The highest BCUT2D eigenvalue weighted by molar-refractivity contribution is 5.35. The fraction of sp³-hybridized carbons (Fsp3) is 0.273. The van der Waals surface area contributed by atoms with Gasteiger partial charge in [-0.3, -0.25) is 4.57 Å². The average Bonchev–Trinajstić information content (AvgIpc) is 2.68. The quantitative estimate of drug-likeness (QED) is 0.774. The van der Waals surface area contributed by atoms with E-state index in [1.54, 1.807) is 12.4 Å². The van der Waals surface area contributed by atoms with Crippen LogP contribution in [0.25, 0.3) is 5.82 Å². The third-order valence-electron chi connectivity index (χ3n) is 1.73. The summed E-state index contributed by atoms with van der Waals surface area (Å²) in [7, 11) is 0. The molecule has 0 bridgehead atoms. The minimum absolute atomic E-state index is 0.517. The second-order valence-corrected chi connectivity index (χ2v) is 2.84. The summed E-state index contributed by atoms with van der Waals surface area (Å²) in [4.78, 5) is 8.26. The lowest BCUT2D eigenvalue weighted by Crippen LogP contribution is -1.97. The molecule has 0 radical (unpaired) electrons. The third kappa shape index (κ3) is 2.80. The van der Waals surface area contributed by atoms with Gasteiger partial charge in [0.05, 0.1) is 5.69 Å². The van der Waals surface area contributed by atoms with E-state index < -0.39 is 0 Å². The van der Waals surface area contributed by atoms with Crippen LogP contribution in [-0.2, 0) is 0 Å². The second-order valence-electron chi connectivity index (χ2n) is 2.84. The topological polar surface area (TPSA) is 56.7 Å². The van der Waals surface area contributed by atoms with Gasteiger partial charge >= 0.3 is 0 Å². The SMILES string of the molecule is CC.Cc1cn(-c2cccc(N)n2)cn1. The van der Waals surface area contributed by atoms with Crippen molar-refractivity contribution in [3.63, 3.8) is 0 Å². The van der Waals surface area contributed by atoms with Crippen molar-refractivity contribution in [3.8, 4) is 5.82 Å². The number of nitrogens with two attached hydrogens (primary N) is 1. The predicted octanol–water partition coefficient (Wildman–Crippen LogP) is 2.18. The molecular weight excluding hydrogens is 188 g/mol. The van der Waals surface area contributed by atoms with Crippen LogP contribution in [0.4, 0.5) is 5.82 Å². The average molecular weight is 204 g/mol. The van der Waals surface area contributed by atoms with Crippen LogP contribution in [0.5, 0.6) is 0 Å². The molecule has 80 valence electrons. The Morgan fingerprint density at radius 3 is 2.53 bits per heavy atom. The summed E-state index contributed by atoms with van der Waals surface area (Å²) in [5.41, 5.74) is 6.52. The van der Waals surface area contributed by atoms with E-state index in [-0.39, 0.29) is 0 Å². The number of rotatable bonds is 1. The van der Waals surface area contributed by atoms with Gasteiger partial charge in [-0.2, -0.15) is 0 Å². The van der Waals surface area contributed by atoms with Crippen LogP contribution in [0.3, 0.4) is 0 Å². The number of pyridine rings is 1. The molecule has 0 atom stereocenters. The molecule has 4 nitrogen and oxygen atoms in total. The Hall–Kier alpha value is -1.84. The maximum Gasteiger partial charge on any atom is 0.140 e. The Labute approximate surface area is 89.8 Å². The summed E-state index contributed by atoms with van der Waals surface area (Å²) in [6, 6.07) is 5.51. The first-order valence-electron chi connectivity index (χ1n) is 4.99. The van der Waals surface area contributed by atoms with Gasteiger partial charge in [-0.1, -0.05) is 19.9 Å². The summed E-state index contributed by atoms with van der Waals surface area (Å²) in [5.74, 6) is 1.31. The summed E-state index contributed by atoms with van der Waals surface area (Å²) < 4.78 is 1.84. The number of hydrogen-bond acceptors (Lipinski definition) is 3. The zero-order valence-corrected chi connectivity index (χ0v) is 9.31. The smallest absolute Gasteiger partial charge is 0.140 e. The number of aromatic nitrogens is 3. The van der Waals surface area contributed by atoms with Gasteiger partial charge in [-0.25, -0.2) is 9.97 Å². The minimum Gasteiger partial charge on any atom is -0.384 e. The predicted molar refractivity (Wildman–Crippen MR) is 61.9 cm³/mol. The molecule has 0 aliphatic rings. The molecule has 0 unspecified atom stereocenters. The van der Waals surface area contributed by atoms with Gasteiger partial charge < -0.3 is 5.73 Å². The van der Waals surface area contributed by atoms with E-state index in [9.17, 15) is 0 Å². The van der Waals surface area contributed by atoms with Crippen molar-refractivity contribution in [1.29, 1.82) is 0 Å². The third-order valence-corrected chi connectivity index (χ3v) is 1.73. The molecule has 2 aromatic rings. The van der Waals surface area contributed by atoms with Crippen LogP contribution < -0.4 is 5.73 Å². The van der Waals surface area contributed by atoms with Crippen LogP contribution >= 0.6 is 0 Å². The lowest BCUT2D eigenvalue weighted by Gasteiger charge is -2.00. The van der Waals surface area contributed by atoms with Crippen LogP contribution in [0.2, 0.25) is 0 Å². The minimum atomic E-state index is 0.517. The fourth-order valence-electron chi connectivity index (χ4n) is 1.13. The van der Waals surface area contributed by atoms with Gasteiger partial charge in [0.25, 0.3) is 0 Å². The Morgan fingerprint density at radius 1 is 1.27 bits per heavy atom. The molecule has 15 heavy (non-hydrogen) atoms. The number of nitrogen functional groups attached to an aromatic ring is 1. The first-order chi connectivity index (χ1) is 7.25. The molecular formula is C11H16N4. The van der Waals surface area contributed by atoms with Crippen molar-refractivity contribution in [2.45, 2.75) is 20.8 Å². The Kier molecular flexibility index (Phi) is 3.85. The van der Waals surface area contributed by atoms with Crippen LogP contribution in [0.15, 0.2) is 30.7 Å². The second kappa shape index (κ2) is 5.14.